The van der Waals surface area contributed by atoms with E-state index in [1.54, 1.807) is 30.3 Å². The third kappa shape index (κ3) is 4.88. The normalized spacial score (nSPS) is 22.4. The fourth-order valence-corrected chi connectivity index (χ4v) is 7.62. The van der Waals surface area contributed by atoms with Gasteiger partial charge in [-0.25, -0.2) is 9.69 Å². The number of carboxylic acid groups (broad SMARTS) is 1. The third-order valence-corrected chi connectivity index (χ3v) is 9.56. The van der Waals surface area contributed by atoms with E-state index in [4.69, 9.17) is 4.74 Å². The summed E-state index contributed by atoms with van der Waals surface area (Å²) in [4.78, 5) is 65.9. The number of imide groups is 1. The number of ether oxygens (including phenoxy) is 1. The van der Waals surface area contributed by atoms with Gasteiger partial charge in [-0.05, 0) is 61.9 Å². The number of benzene rings is 1. The van der Waals surface area contributed by atoms with E-state index >= 15 is 0 Å². The molecule has 1 aliphatic heterocycles. The zero-order valence-electron chi connectivity index (χ0n) is 20.6. The van der Waals surface area contributed by atoms with Crippen LogP contribution in [-0.2, 0) is 36.8 Å². The number of rotatable bonds is 7. The predicted molar refractivity (Wildman–Crippen MR) is 142 cm³/mol. The molecule has 2 heterocycles. The maximum atomic E-state index is 13.3. The summed E-state index contributed by atoms with van der Waals surface area (Å²) in [5, 5.41) is 11.9. The molecule has 1 aromatic carbocycles. The highest BCUT2D eigenvalue weighted by atomic mass is 32.2. The smallest absolute Gasteiger partial charge is 0.341 e. The van der Waals surface area contributed by atoms with Crippen molar-refractivity contribution in [3.8, 4) is 0 Å². The Labute approximate surface area is 227 Å². The van der Waals surface area contributed by atoms with Crippen LogP contribution < -0.4 is 10.2 Å². The summed E-state index contributed by atoms with van der Waals surface area (Å²) in [7, 11) is 1.29. The molecule has 0 radical (unpaired) electrons. The molecule has 5 rings (SSSR count). The molecular weight excluding hydrogens is 528 g/mol. The lowest BCUT2D eigenvalue weighted by atomic mass is 9.82. The Hall–Kier alpha value is -3.44. The van der Waals surface area contributed by atoms with Gasteiger partial charge < -0.3 is 15.2 Å². The van der Waals surface area contributed by atoms with Crippen molar-refractivity contribution in [2.45, 2.75) is 48.7 Å². The first-order valence-corrected chi connectivity index (χ1v) is 14.0. The van der Waals surface area contributed by atoms with E-state index in [1.807, 2.05) is 6.08 Å². The number of aliphatic carboxylic acids is 1. The molecule has 3 amide bonds. The number of carbonyl (C=O) groups is 5. The van der Waals surface area contributed by atoms with E-state index in [1.165, 1.54) is 30.2 Å². The number of nitrogens with zero attached hydrogens (tertiary/aromatic N) is 1. The van der Waals surface area contributed by atoms with Crippen molar-refractivity contribution in [2.24, 2.45) is 11.8 Å². The fourth-order valence-electron chi connectivity index (χ4n) is 5.16. The van der Waals surface area contributed by atoms with Gasteiger partial charge in [-0.2, -0.15) is 0 Å². The number of esters is 1. The van der Waals surface area contributed by atoms with Crippen molar-refractivity contribution in [3.05, 3.63) is 52.4 Å². The lowest BCUT2D eigenvalue weighted by molar-refractivity contribution is -0.146. The van der Waals surface area contributed by atoms with Crippen LogP contribution in [0.5, 0.6) is 0 Å². The number of allylic oxidation sites excluding steroid dienone is 2. The number of nitrogens with one attached hydrogen (secondary N) is 1. The zero-order chi connectivity index (χ0) is 27.0. The second-order valence-electron chi connectivity index (χ2n) is 9.41. The van der Waals surface area contributed by atoms with Crippen molar-refractivity contribution < 1.29 is 33.8 Å². The molecule has 2 aliphatic carbocycles. The zero-order valence-corrected chi connectivity index (χ0v) is 22.2. The maximum absolute atomic E-state index is 13.3. The number of anilines is 2. The monoisotopic (exact) mass is 554 g/mol. The van der Waals surface area contributed by atoms with E-state index in [-0.39, 0.29) is 24.1 Å². The standard InChI is InChI=1S/C27H26N2O7S2/c1-36-27(35)22-18-7-4-8-19(18)38-25(22)29-21(30)13-20(24(29)32)37-15-11-9-14(10-12-15)28-23(31)16-5-2-3-6-17(16)26(33)34/h2-3,9-12,16-17,20H,4-8,13H2,1H3,(H,28,31)(H,33,34). The van der Waals surface area contributed by atoms with Crippen LogP contribution in [0.2, 0.25) is 0 Å². The second kappa shape index (κ2) is 10.7. The van der Waals surface area contributed by atoms with E-state index in [2.05, 4.69) is 5.32 Å². The van der Waals surface area contributed by atoms with E-state index in [0.29, 0.717) is 29.1 Å². The molecule has 9 nitrogen and oxygen atoms in total. The minimum atomic E-state index is -0.989. The maximum Gasteiger partial charge on any atom is 0.341 e. The van der Waals surface area contributed by atoms with Crippen LogP contribution in [0.3, 0.4) is 0 Å². The molecule has 0 spiro atoms. The highest BCUT2D eigenvalue weighted by molar-refractivity contribution is 8.00. The molecule has 1 fully saturated rings. The Morgan fingerprint density at radius 1 is 1.08 bits per heavy atom. The minimum absolute atomic E-state index is 0.0109. The number of aryl methyl sites for hydroxylation is 1. The number of carboxylic acids is 1. The highest BCUT2D eigenvalue weighted by Crippen LogP contribution is 2.44. The van der Waals surface area contributed by atoms with Crippen LogP contribution in [0.1, 0.15) is 46.5 Å². The summed E-state index contributed by atoms with van der Waals surface area (Å²) in [6.07, 6.45) is 6.78. The molecule has 2 aromatic rings. The lowest BCUT2D eigenvalue weighted by Gasteiger charge is -2.24. The number of methoxy groups -OCH3 is 1. The summed E-state index contributed by atoms with van der Waals surface area (Å²) in [6, 6.07) is 6.87. The number of thioether (sulfide) groups is 1. The third-order valence-electron chi connectivity index (χ3n) is 7.09. The van der Waals surface area contributed by atoms with Crippen LogP contribution in [0.25, 0.3) is 0 Å². The van der Waals surface area contributed by atoms with Crippen molar-refractivity contribution in [1.82, 2.24) is 0 Å². The largest absolute Gasteiger partial charge is 0.481 e. The molecule has 3 atom stereocenters. The highest BCUT2D eigenvalue weighted by Gasteiger charge is 2.44. The first-order chi connectivity index (χ1) is 18.3. The Kier molecular flexibility index (Phi) is 7.40. The van der Waals surface area contributed by atoms with E-state index in [9.17, 15) is 29.1 Å². The van der Waals surface area contributed by atoms with Gasteiger partial charge in [0.15, 0.2) is 0 Å². The molecule has 1 aromatic heterocycles. The molecule has 3 aliphatic rings. The van der Waals surface area contributed by atoms with Crippen LogP contribution >= 0.6 is 23.1 Å². The molecule has 2 N–H and O–H groups in total. The molecule has 11 heteroatoms. The first-order valence-electron chi connectivity index (χ1n) is 12.3. The van der Waals surface area contributed by atoms with Gasteiger partial charge in [-0.3, -0.25) is 19.2 Å². The number of hydrogen-bond donors (Lipinski definition) is 2. The number of thiophene rings is 1. The first kappa shape index (κ1) is 26.2. The summed E-state index contributed by atoms with van der Waals surface area (Å²) in [5.74, 6) is -3.99. The Balaban J connectivity index is 1.27. The Bertz CT molecular complexity index is 1350. The van der Waals surface area contributed by atoms with Gasteiger partial charge in [0, 0.05) is 21.9 Å². The molecule has 38 heavy (non-hydrogen) atoms. The Morgan fingerprint density at radius 3 is 2.47 bits per heavy atom. The van der Waals surface area contributed by atoms with Gasteiger partial charge in [0.25, 0.3) is 0 Å². The number of amides is 3. The lowest BCUT2D eigenvalue weighted by Crippen LogP contribution is -2.34. The quantitative estimate of drug-likeness (QED) is 0.298. The second-order valence-corrected chi connectivity index (χ2v) is 11.8. The van der Waals surface area contributed by atoms with Gasteiger partial charge in [-0.1, -0.05) is 12.2 Å². The Morgan fingerprint density at radius 2 is 1.79 bits per heavy atom. The van der Waals surface area contributed by atoms with E-state index < -0.39 is 29.0 Å². The van der Waals surface area contributed by atoms with Crippen LogP contribution in [0, 0.1) is 11.8 Å². The molecule has 0 bridgehead atoms. The average Bonchev–Trinajstić information content (AvgIpc) is 3.57. The van der Waals surface area contributed by atoms with Crippen molar-refractivity contribution in [3.63, 3.8) is 0 Å². The summed E-state index contributed by atoms with van der Waals surface area (Å²) in [6.45, 7) is 0. The van der Waals surface area contributed by atoms with Crippen LogP contribution in [0.4, 0.5) is 10.7 Å². The van der Waals surface area contributed by atoms with Crippen molar-refractivity contribution >= 4 is 63.4 Å². The van der Waals surface area contributed by atoms with Gasteiger partial charge in [0.2, 0.25) is 17.7 Å². The van der Waals surface area contributed by atoms with Gasteiger partial charge in [0.1, 0.15) is 5.00 Å². The topological polar surface area (TPSA) is 130 Å². The number of fused-ring (bicyclic) bond motifs is 1. The van der Waals surface area contributed by atoms with Crippen molar-refractivity contribution in [2.75, 3.05) is 17.3 Å². The summed E-state index contributed by atoms with van der Waals surface area (Å²) >= 11 is 2.57. The minimum Gasteiger partial charge on any atom is -0.481 e. The summed E-state index contributed by atoms with van der Waals surface area (Å²) < 4.78 is 4.96. The van der Waals surface area contributed by atoms with E-state index in [0.717, 1.165) is 39.5 Å². The van der Waals surface area contributed by atoms with Gasteiger partial charge in [0.05, 0.1) is 29.8 Å². The van der Waals surface area contributed by atoms with Crippen LogP contribution in [0.15, 0.2) is 41.3 Å². The van der Waals surface area contributed by atoms with Crippen LogP contribution in [-0.4, -0.2) is 47.1 Å². The summed E-state index contributed by atoms with van der Waals surface area (Å²) in [5.41, 5.74) is 1.73. The van der Waals surface area contributed by atoms with Gasteiger partial charge in [-0.15, -0.1) is 23.1 Å². The molecule has 198 valence electrons. The number of hydrogen-bond acceptors (Lipinski definition) is 8. The SMILES string of the molecule is COC(=O)c1c(N2C(=O)CC(Sc3ccc(NC(=O)C4CC=CCC4C(=O)O)cc3)C2=O)sc2c1CCC2. The predicted octanol–water partition coefficient (Wildman–Crippen LogP) is 4.05. The van der Waals surface area contributed by atoms with Gasteiger partial charge >= 0.3 is 11.9 Å². The van der Waals surface area contributed by atoms with Crippen molar-refractivity contribution in [1.29, 1.82) is 0 Å². The average molecular weight is 555 g/mol. The molecular formula is C27H26N2O7S2. The molecule has 3 unspecified atom stereocenters. The molecule has 0 saturated carbocycles. The number of carbonyl (C=O) groups excluding carboxylic acids is 4. The molecule has 1 saturated heterocycles. The fraction of sp³-hybridized carbons (Fsp3) is 0.370.